The largest absolute Gasteiger partial charge is 0.478 e. The monoisotopic (exact) mass is 334 g/mol. The lowest BCUT2D eigenvalue weighted by Gasteiger charge is -2.06. The lowest BCUT2D eigenvalue weighted by molar-refractivity contribution is 0.0699. The van der Waals surface area contributed by atoms with Crippen molar-refractivity contribution in [2.24, 2.45) is 0 Å². The average molecular weight is 334 g/mol. The smallest absolute Gasteiger partial charge is 0.337 e. The highest BCUT2D eigenvalue weighted by Crippen LogP contribution is 2.23. The number of benzene rings is 1. The van der Waals surface area contributed by atoms with Crippen molar-refractivity contribution in [1.29, 1.82) is 0 Å². The molecule has 8 nitrogen and oxygen atoms in total. The number of aryl methyl sites for hydroxylation is 1. The van der Waals surface area contributed by atoms with Gasteiger partial charge in [0.1, 0.15) is 4.90 Å². The molecule has 0 saturated heterocycles. The highest BCUT2D eigenvalue weighted by Gasteiger charge is 2.17. The van der Waals surface area contributed by atoms with Crippen molar-refractivity contribution in [2.75, 3.05) is 4.72 Å². The average Bonchev–Trinajstić information content (AvgIpc) is 3.13. The molecule has 3 rings (SSSR count). The van der Waals surface area contributed by atoms with Gasteiger partial charge in [0.15, 0.2) is 0 Å². The Hall–Kier alpha value is -2.81. The highest BCUT2D eigenvalue weighted by molar-refractivity contribution is 7.92. The molecule has 1 aromatic carbocycles. The highest BCUT2D eigenvalue weighted by atomic mass is 32.2. The molecule has 23 heavy (non-hydrogen) atoms. The number of carboxylic acids is 1. The van der Waals surface area contributed by atoms with Crippen LogP contribution < -0.4 is 4.72 Å². The van der Waals surface area contributed by atoms with Crippen LogP contribution in [0.2, 0.25) is 0 Å². The number of hydrogen-bond donors (Lipinski definition) is 3. The summed E-state index contributed by atoms with van der Waals surface area (Å²) in [7, 11) is -3.74. The maximum Gasteiger partial charge on any atom is 0.337 e. The molecule has 0 radical (unpaired) electrons. The topological polar surface area (TPSA) is 117 Å². The van der Waals surface area contributed by atoms with Gasteiger partial charge < -0.3 is 10.1 Å². The van der Waals surface area contributed by atoms with Crippen LogP contribution in [0.3, 0.4) is 0 Å². The van der Waals surface area contributed by atoms with Crippen LogP contribution in [0, 0.1) is 0 Å². The number of nitrogens with one attached hydrogen (secondary N) is 2. The van der Waals surface area contributed by atoms with Gasteiger partial charge in [-0.15, -0.1) is 0 Å². The minimum atomic E-state index is -3.74. The molecule has 3 aromatic rings. The molecule has 3 N–H and O–H groups in total. The fourth-order valence-corrected chi connectivity index (χ4v) is 3.24. The molecule has 0 aliphatic heterocycles. The summed E-state index contributed by atoms with van der Waals surface area (Å²) in [5.41, 5.74) is 1.01. The predicted molar refractivity (Wildman–Crippen MR) is 84.0 cm³/mol. The van der Waals surface area contributed by atoms with Crippen molar-refractivity contribution >= 4 is 32.6 Å². The number of carbonyl (C=O) groups is 1. The Labute approximate surface area is 131 Å². The Morgan fingerprint density at radius 3 is 2.87 bits per heavy atom. The van der Waals surface area contributed by atoms with Crippen molar-refractivity contribution in [1.82, 2.24) is 14.8 Å². The van der Waals surface area contributed by atoms with Gasteiger partial charge in [0.2, 0.25) is 0 Å². The second-order valence-electron chi connectivity index (χ2n) is 4.91. The third kappa shape index (κ3) is 2.78. The first kappa shape index (κ1) is 15.1. The molecule has 2 heterocycles. The van der Waals surface area contributed by atoms with E-state index in [1.54, 1.807) is 12.1 Å². The molecule has 0 aliphatic rings. The number of carboxylic acid groups (broad SMARTS) is 1. The summed E-state index contributed by atoms with van der Waals surface area (Å²) in [5, 5.41) is 13.5. The molecule has 0 saturated carbocycles. The van der Waals surface area contributed by atoms with Crippen molar-refractivity contribution in [3.05, 3.63) is 42.4 Å². The van der Waals surface area contributed by atoms with Crippen LogP contribution in [0.1, 0.15) is 17.3 Å². The van der Waals surface area contributed by atoms with Crippen molar-refractivity contribution in [2.45, 2.75) is 18.4 Å². The van der Waals surface area contributed by atoms with Crippen LogP contribution in [-0.4, -0.2) is 34.3 Å². The molecular formula is C14H14N4O4S. The summed E-state index contributed by atoms with van der Waals surface area (Å²) in [6.45, 7) is 2.43. The number of H-pyrrole nitrogens is 1. The van der Waals surface area contributed by atoms with Gasteiger partial charge in [0.05, 0.1) is 17.4 Å². The van der Waals surface area contributed by atoms with Gasteiger partial charge in [-0.25, -0.2) is 13.2 Å². The molecular weight excluding hydrogens is 320 g/mol. The summed E-state index contributed by atoms with van der Waals surface area (Å²) in [6.07, 6.45) is 4.09. The number of anilines is 1. The van der Waals surface area contributed by atoms with Crippen LogP contribution >= 0.6 is 0 Å². The van der Waals surface area contributed by atoms with Crippen LogP contribution in [0.4, 0.5) is 5.69 Å². The van der Waals surface area contributed by atoms with Gasteiger partial charge in [-0.3, -0.25) is 9.40 Å². The Morgan fingerprint density at radius 1 is 1.43 bits per heavy atom. The number of aromatic nitrogens is 3. The molecule has 0 aliphatic carbocycles. The maximum absolute atomic E-state index is 12.3. The summed E-state index contributed by atoms with van der Waals surface area (Å²) < 4.78 is 28.6. The van der Waals surface area contributed by atoms with E-state index in [0.29, 0.717) is 23.1 Å². The summed E-state index contributed by atoms with van der Waals surface area (Å²) in [6, 6.07) is 4.62. The first-order valence-electron chi connectivity index (χ1n) is 6.80. The van der Waals surface area contributed by atoms with Crippen molar-refractivity contribution in [3.8, 4) is 0 Å². The van der Waals surface area contributed by atoms with Gasteiger partial charge in [-0.05, 0) is 25.1 Å². The SMILES string of the molecule is CCn1cc(S(=O)(=O)Nc2ccc3c(C(=O)O)c[nH]c3c2)cn1. The Kier molecular flexibility index (Phi) is 3.57. The van der Waals surface area contributed by atoms with E-state index < -0.39 is 16.0 Å². The molecule has 0 spiro atoms. The molecule has 120 valence electrons. The normalized spacial score (nSPS) is 11.7. The fourth-order valence-electron chi connectivity index (χ4n) is 2.24. The van der Waals surface area contributed by atoms with Gasteiger partial charge in [0, 0.05) is 29.8 Å². The zero-order chi connectivity index (χ0) is 16.6. The molecule has 0 fully saturated rings. The van der Waals surface area contributed by atoms with E-state index in [1.165, 1.54) is 29.3 Å². The summed E-state index contributed by atoms with van der Waals surface area (Å²) >= 11 is 0. The minimum Gasteiger partial charge on any atom is -0.478 e. The zero-order valence-corrected chi connectivity index (χ0v) is 13.0. The molecule has 0 amide bonds. The molecule has 0 atom stereocenters. The Balaban J connectivity index is 1.93. The number of nitrogens with zero attached hydrogens (tertiary/aromatic N) is 2. The van der Waals surface area contributed by atoms with Gasteiger partial charge in [-0.2, -0.15) is 5.10 Å². The van der Waals surface area contributed by atoms with Gasteiger partial charge in [0.25, 0.3) is 10.0 Å². The lowest BCUT2D eigenvalue weighted by atomic mass is 10.1. The Bertz CT molecular complexity index is 987. The Morgan fingerprint density at radius 2 is 2.22 bits per heavy atom. The van der Waals surface area contributed by atoms with E-state index in [0.717, 1.165) is 0 Å². The van der Waals surface area contributed by atoms with E-state index in [2.05, 4.69) is 14.8 Å². The van der Waals surface area contributed by atoms with E-state index in [-0.39, 0.29) is 10.5 Å². The minimum absolute atomic E-state index is 0.0668. The molecule has 9 heteroatoms. The van der Waals surface area contributed by atoms with E-state index in [4.69, 9.17) is 5.11 Å². The summed E-state index contributed by atoms with van der Waals surface area (Å²) in [5.74, 6) is -1.04. The third-order valence-corrected chi connectivity index (χ3v) is 4.74. The second kappa shape index (κ2) is 5.43. The quantitative estimate of drug-likeness (QED) is 0.658. The van der Waals surface area contributed by atoms with E-state index in [9.17, 15) is 13.2 Å². The van der Waals surface area contributed by atoms with Crippen LogP contribution in [0.25, 0.3) is 10.9 Å². The number of rotatable bonds is 5. The maximum atomic E-state index is 12.3. The van der Waals surface area contributed by atoms with Crippen molar-refractivity contribution < 1.29 is 18.3 Å². The fraction of sp³-hybridized carbons (Fsp3) is 0.143. The number of aromatic carboxylic acids is 1. The van der Waals surface area contributed by atoms with Crippen molar-refractivity contribution in [3.63, 3.8) is 0 Å². The predicted octanol–water partition coefficient (Wildman–Crippen LogP) is 1.88. The number of hydrogen-bond acceptors (Lipinski definition) is 4. The van der Waals surface area contributed by atoms with Crippen LogP contribution in [0.15, 0.2) is 41.7 Å². The number of fused-ring (bicyclic) bond motifs is 1. The van der Waals surface area contributed by atoms with Gasteiger partial charge >= 0.3 is 5.97 Å². The van der Waals surface area contributed by atoms with E-state index in [1.807, 2.05) is 6.92 Å². The molecule has 0 unspecified atom stereocenters. The lowest BCUT2D eigenvalue weighted by Crippen LogP contribution is -2.12. The zero-order valence-electron chi connectivity index (χ0n) is 12.1. The second-order valence-corrected chi connectivity index (χ2v) is 6.59. The number of sulfonamides is 1. The molecule has 2 aromatic heterocycles. The standard InChI is InChI=1S/C14H14N4O4S/c1-2-18-8-10(6-16-18)23(21,22)17-9-3-4-11-12(14(19)20)7-15-13(11)5-9/h3-8,15,17H,2H2,1H3,(H,19,20). The van der Waals surface area contributed by atoms with Crippen LogP contribution in [0.5, 0.6) is 0 Å². The summed E-state index contributed by atoms with van der Waals surface area (Å²) in [4.78, 5) is 13.9. The number of aromatic amines is 1. The first-order valence-corrected chi connectivity index (χ1v) is 8.28. The first-order chi connectivity index (χ1) is 10.9. The van der Waals surface area contributed by atoms with Gasteiger partial charge in [-0.1, -0.05) is 0 Å². The van der Waals surface area contributed by atoms with Crippen LogP contribution in [-0.2, 0) is 16.6 Å². The van der Waals surface area contributed by atoms with E-state index >= 15 is 0 Å². The third-order valence-electron chi connectivity index (χ3n) is 3.41. The molecule has 0 bridgehead atoms.